The molecule has 0 spiro atoms. The third-order valence-corrected chi connectivity index (χ3v) is 4.69. The number of hydrogen-bond donors (Lipinski definition) is 1. The molecule has 5 heteroatoms. The lowest BCUT2D eigenvalue weighted by atomic mass is 9.93. The predicted octanol–water partition coefficient (Wildman–Crippen LogP) is 3.83. The van der Waals surface area contributed by atoms with Gasteiger partial charge in [-0.2, -0.15) is 0 Å². The van der Waals surface area contributed by atoms with Crippen molar-refractivity contribution in [3.05, 3.63) is 34.1 Å². The van der Waals surface area contributed by atoms with E-state index in [2.05, 4.69) is 26.1 Å². The highest BCUT2D eigenvalue weighted by Gasteiger charge is 2.19. The Labute approximate surface area is 135 Å². The van der Waals surface area contributed by atoms with E-state index in [0.717, 1.165) is 42.1 Å². The van der Waals surface area contributed by atoms with E-state index in [1.54, 1.807) is 12.1 Å². The quantitative estimate of drug-likeness (QED) is 0.853. The molecule has 0 bridgehead atoms. The monoisotopic (exact) mass is 364 g/mol. The Morgan fingerprint density at radius 1 is 1.35 bits per heavy atom. The fourth-order valence-corrected chi connectivity index (χ4v) is 3.06. The highest BCUT2D eigenvalue weighted by molar-refractivity contribution is 9.10. The number of likely N-dealkylation sites (tertiary alicyclic amines) is 1. The van der Waals surface area contributed by atoms with Crippen LogP contribution in [0.3, 0.4) is 0 Å². The first kappa shape index (κ1) is 17.9. The molecule has 0 aliphatic carbocycles. The van der Waals surface area contributed by atoms with Gasteiger partial charge in [-0.15, -0.1) is 12.4 Å². The van der Waals surface area contributed by atoms with Crippen LogP contribution in [0, 0.1) is 11.7 Å². The Kier molecular flexibility index (Phi) is 8.03. The van der Waals surface area contributed by atoms with Crippen molar-refractivity contribution < 1.29 is 4.39 Å². The highest BCUT2D eigenvalue weighted by atomic mass is 79.9. The minimum Gasteiger partial charge on any atom is -0.320 e. The van der Waals surface area contributed by atoms with Crippen molar-refractivity contribution >= 4 is 28.3 Å². The molecule has 1 aliphatic rings. The van der Waals surface area contributed by atoms with Crippen molar-refractivity contribution in [1.82, 2.24) is 10.2 Å². The molecule has 0 unspecified atom stereocenters. The molecule has 0 amide bonds. The summed E-state index contributed by atoms with van der Waals surface area (Å²) < 4.78 is 14.3. The highest BCUT2D eigenvalue weighted by Crippen LogP contribution is 2.24. The SMILES string of the molecule is CNCCC1CCN(Cc2cc(F)ccc2Br)CC1.Cl. The van der Waals surface area contributed by atoms with Gasteiger partial charge in [-0.3, -0.25) is 4.90 Å². The Morgan fingerprint density at radius 3 is 2.70 bits per heavy atom. The summed E-state index contributed by atoms with van der Waals surface area (Å²) in [7, 11) is 2.01. The molecular weight excluding hydrogens is 343 g/mol. The molecule has 1 aliphatic heterocycles. The molecular formula is C15H23BrClFN2. The molecule has 0 aromatic heterocycles. The van der Waals surface area contributed by atoms with E-state index in [9.17, 15) is 4.39 Å². The van der Waals surface area contributed by atoms with Crippen LogP contribution >= 0.6 is 28.3 Å². The van der Waals surface area contributed by atoms with Gasteiger partial charge in [-0.25, -0.2) is 4.39 Å². The van der Waals surface area contributed by atoms with Crippen LogP contribution in [-0.4, -0.2) is 31.6 Å². The van der Waals surface area contributed by atoms with E-state index in [0.29, 0.717) is 0 Å². The molecule has 1 aromatic rings. The van der Waals surface area contributed by atoms with Gasteiger partial charge in [0.1, 0.15) is 5.82 Å². The summed E-state index contributed by atoms with van der Waals surface area (Å²) in [6.07, 6.45) is 3.79. The van der Waals surface area contributed by atoms with Gasteiger partial charge in [-0.1, -0.05) is 15.9 Å². The molecule has 2 nitrogen and oxygen atoms in total. The molecule has 0 atom stereocenters. The smallest absolute Gasteiger partial charge is 0.123 e. The molecule has 20 heavy (non-hydrogen) atoms. The molecule has 2 rings (SSSR count). The number of nitrogens with one attached hydrogen (secondary N) is 1. The maximum atomic E-state index is 13.3. The van der Waals surface area contributed by atoms with Crippen molar-refractivity contribution in [2.24, 2.45) is 5.92 Å². The normalized spacial score (nSPS) is 16.9. The number of piperidine rings is 1. The summed E-state index contributed by atoms with van der Waals surface area (Å²) in [5.41, 5.74) is 1.05. The molecule has 1 aromatic carbocycles. The van der Waals surface area contributed by atoms with E-state index in [1.165, 1.54) is 25.3 Å². The fraction of sp³-hybridized carbons (Fsp3) is 0.600. The third kappa shape index (κ3) is 5.32. The van der Waals surface area contributed by atoms with Crippen LogP contribution in [0.2, 0.25) is 0 Å². The topological polar surface area (TPSA) is 15.3 Å². The van der Waals surface area contributed by atoms with Crippen LogP contribution in [0.25, 0.3) is 0 Å². The van der Waals surface area contributed by atoms with E-state index < -0.39 is 0 Å². The standard InChI is InChI=1S/C15H22BrFN2.ClH/c1-18-7-4-12-5-8-19(9-6-12)11-13-10-14(17)2-3-15(13)16;/h2-3,10,12,18H,4-9,11H2,1H3;1H. The van der Waals surface area contributed by atoms with Gasteiger partial charge in [0.15, 0.2) is 0 Å². The zero-order chi connectivity index (χ0) is 13.7. The Hall–Kier alpha value is -0.160. The second kappa shape index (κ2) is 8.98. The van der Waals surface area contributed by atoms with Crippen LogP contribution < -0.4 is 5.32 Å². The summed E-state index contributed by atoms with van der Waals surface area (Å²) in [5, 5.41) is 3.22. The molecule has 1 heterocycles. The number of benzene rings is 1. The van der Waals surface area contributed by atoms with Gasteiger partial charge in [0.05, 0.1) is 0 Å². The van der Waals surface area contributed by atoms with Crippen molar-refractivity contribution in [2.45, 2.75) is 25.8 Å². The fourth-order valence-electron chi connectivity index (χ4n) is 2.69. The van der Waals surface area contributed by atoms with Crippen LogP contribution in [0.5, 0.6) is 0 Å². The van der Waals surface area contributed by atoms with Crippen molar-refractivity contribution in [1.29, 1.82) is 0 Å². The number of hydrogen-bond acceptors (Lipinski definition) is 2. The summed E-state index contributed by atoms with van der Waals surface area (Å²) in [6.45, 7) is 4.20. The first-order valence-corrected chi connectivity index (χ1v) is 7.79. The maximum Gasteiger partial charge on any atom is 0.123 e. The van der Waals surface area contributed by atoms with Crippen molar-refractivity contribution in [3.8, 4) is 0 Å². The Bertz CT molecular complexity index is 409. The summed E-state index contributed by atoms with van der Waals surface area (Å²) in [4.78, 5) is 2.43. The predicted molar refractivity (Wildman–Crippen MR) is 87.9 cm³/mol. The summed E-state index contributed by atoms with van der Waals surface area (Å²) >= 11 is 3.50. The number of rotatable bonds is 5. The molecule has 1 saturated heterocycles. The van der Waals surface area contributed by atoms with Crippen molar-refractivity contribution in [3.63, 3.8) is 0 Å². The number of nitrogens with zero attached hydrogens (tertiary/aromatic N) is 1. The second-order valence-electron chi connectivity index (χ2n) is 5.35. The van der Waals surface area contributed by atoms with Gasteiger partial charge in [-0.05, 0) is 75.6 Å². The third-order valence-electron chi connectivity index (χ3n) is 3.91. The van der Waals surface area contributed by atoms with Gasteiger partial charge in [0.2, 0.25) is 0 Å². The minimum absolute atomic E-state index is 0. The first-order chi connectivity index (χ1) is 9.19. The van der Waals surface area contributed by atoms with E-state index in [-0.39, 0.29) is 18.2 Å². The van der Waals surface area contributed by atoms with E-state index in [1.807, 2.05) is 7.05 Å². The number of halogens is 3. The Morgan fingerprint density at radius 2 is 2.05 bits per heavy atom. The first-order valence-electron chi connectivity index (χ1n) is 7.00. The second-order valence-corrected chi connectivity index (χ2v) is 6.20. The summed E-state index contributed by atoms with van der Waals surface area (Å²) in [5.74, 6) is 0.696. The van der Waals surface area contributed by atoms with Crippen LogP contribution in [-0.2, 0) is 6.54 Å². The Balaban J connectivity index is 0.00000200. The van der Waals surface area contributed by atoms with Gasteiger partial charge < -0.3 is 5.32 Å². The molecule has 0 saturated carbocycles. The minimum atomic E-state index is -0.151. The zero-order valence-electron chi connectivity index (χ0n) is 11.9. The molecule has 0 radical (unpaired) electrons. The van der Waals surface area contributed by atoms with Gasteiger partial charge in [0.25, 0.3) is 0 Å². The van der Waals surface area contributed by atoms with Crippen molar-refractivity contribution in [2.75, 3.05) is 26.7 Å². The van der Waals surface area contributed by atoms with Crippen LogP contribution in [0.4, 0.5) is 4.39 Å². The maximum absolute atomic E-state index is 13.3. The largest absolute Gasteiger partial charge is 0.320 e. The lowest BCUT2D eigenvalue weighted by Crippen LogP contribution is -2.34. The van der Waals surface area contributed by atoms with Gasteiger partial charge >= 0.3 is 0 Å². The van der Waals surface area contributed by atoms with Gasteiger partial charge in [0, 0.05) is 11.0 Å². The lowest BCUT2D eigenvalue weighted by molar-refractivity contribution is 0.172. The van der Waals surface area contributed by atoms with E-state index in [4.69, 9.17) is 0 Å². The van der Waals surface area contributed by atoms with Crippen LogP contribution in [0.1, 0.15) is 24.8 Å². The molecule has 1 fully saturated rings. The van der Waals surface area contributed by atoms with E-state index >= 15 is 0 Å². The average Bonchev–Trinajstić information content (AvgIpc) is 2.42. The zero-order valence-corrected chi connectivity index (χ0v) is 14.3. The van der Waals surface area contributed by atoms with Crippen LogP contribution in [0.15, 0.2) is 22.7 Å². The molecule has 1 N–H and O–H groups in total. The average molecular weight is 366 g/mol. The lowest BCUT2D eigenvalue weighted by Gasteiger charge is -2.32. The summed E-state index contributed by atoms with van der Waals surface area (Å²) in [6, 6.07) is 4.93. The molecule has 114 valence electrons.